The zero-order valence-corrected chi connectivity index (χ0v) is 22.7. The minimum absolute atomic E-state index is 0.0335. The smallest absolute Gasteiger partial charge is 0.329 e. The highest BCUT2D eigenvalue weighted by molar-refractivity contribution is 7.52. The van der Waals surface area contributed by atoms with E-state index in [2.05, 4.69) is 13.8 Å². The van der Waals surface area contributed by atoms with E-state index in [1.807, 2.05) is 19.0 Å². The minimum Gasteiger partial charge on any atom is -0.460 e. The van der Waals surface area contributed by atoms with E-state index in [0.717, 1.165) is 12.8 Å². The van der Waals surface area contributed by atoms with E-state index < -0.39 is 13.7 Å². The minimum atomic E-state index is -3.71. The summed E-state index contributed by atoms with van der Waals surface area (Å²) in [6.07, 6.45) is 16.2. The van der Waals surface area contributed by atoms with Crippen LogP contribution < -0.4 is 0 Å². The summed E-state index contributed by atoms with van der Waals surface area (Å²) in [4.78, 5) is 22.4. The Bertz CT molecular complexity index is 492. The van der Waals surface area contributed by atoms with Crippen LogP contribution in [0.4, 0.5) is 0 Å². The van der Waals surface area contributed by atoms with Crippen molar-refractivity contribution in [2.75, 3.05) is 46.6 Å². The largest absolute Gasteiger partial charge is 0.460 e. The number of ether oxygens (including phenoxy) is 2. The summed E-state index contributed by atoms with van der Waals surface area (Å²) in [7, 11) is -0.0555. The molecule has 0 radical (unpaired) electrons. The summed E-state index contributed by atoms with van der Waals surface area (Å²) in [6, 6.07) is 0. The Morgan fingerprint density at radius 2 is 1.52 bits per heavy atom. The summed E-state index contributed by atoms with van der Waals surface area (Å²) in [5, 5.41) is 0. The highest BCUT2D eigenvalue weighted by atomic mass is 31.2. The van der Waals surface area contributed by atoms with Gasteiger partial charge in [0.05, 0.1) is 19.4 Å². The van der Waals surface area contributed by atoms with Crippen LogP contribution in [0.15, 0.2) is 0 Å². The van der Waals surface area contributed by atoms with Crippen LogP contribution in [0.1, 0.15) is 97.3 Å². The molecule has 198 valence electrons. The molecule has 1 N–H and O–H groups in total. The standard InChI is InChI=1S/C25H52NO6P/c1-5-7-8-9-10-11-12-13-14-15-16-24(6-2)17-19-30-21-25(31-23-27)22-32-33(28,29)20-18-26(3)4/h23-25H,5-22H2,1-4H3,(H,28,29). The first-order valence-electron chi connectivity index (χ1n) is 13.1. The van der Waals surface area contributed by atoms with Gasteiger partial charge in [-0.05, 0) is 26.4 Å². The van der Waals surface area contributed by atoms with Crippen molar-refractivity contribution >= 4 is 14.1 Å². The number of rotatable bonds is 25. The molecule has 0 saturated heterocycles. The van der Waals surface area contributed by atoms with Crippen molar-refractivity contribution < 1.29 is 28.3 Å². The Hall–Kier alpha value is -0.460. The molecule has 0 aliphatic rings. The molecular formula is C25H52NO6P. The third kappa shape index (κ3) is 21.8. The monoisotopic (exact) mass is 493 g/mol. The third-order valence-electron chi connectivity index (χ3n) is 6.06. The first-order valence-corrected chi connectivity index (χ1v) is 14.9. The maximum absolute atomic E-state index is 12.0. The van der Waals surface area contributed by atoms with Crippen LogP contribution in [0.2, 0.25) is 0 Å². The molecule has 0 aromatic rings. The van der Waals surface area contributed by atoms with Crippen molar-refractivity contribution in [2.24, 2.45) is 5.92 Å². The fourth-order valence-electron chi connectivity index (χ4n) is 3.73. The Morgan fingerprint density at radius 3 is 2.06 bits per heavy atom. The molecule has 3 atom stereocenters. The lowest BCUT2D eigenvalue weighted by molar-refractivity contribution is -0.138. The van der Waals surface area contributed by atoms with E-state index in [-0.39, 0.29) is 19.4 Å². The van der Waals surface area contributed by atoms with Gasteiger partial charge in [-0.2, -0.15) is 0 Å². The first-order chi connectivity index (χ1) is 15.8. The maximum Gasteiger partial charge on any atom is 0.329 e. The van der Waals surface area contributed by atoms with Crippen LogP contribution in [0.3, 0.4) is 0 Å². The average molecular weight is 494 g/mol. The number of hydrogen-bond donors (Lipinski definition) is 1. The number of nitrogens with zero attached hydrogens (tertiary/aromatic N) is 1. The van der Waals surface area contributed by atoms with Gasteiger partial charge in [0.25, 0.3) is 6.47 Å². The fourth-order valence-corrected chi connectivity index (χ4v) is 4.91. The molecule has 0 aliphatic heterocycles. The summed E-state index contributed by atoms with van der Waals surface area (Å²) in [5.74, 6) is 0.643. The van der Waals surface area contributed by atoms with Crippen LogP contribution in [-0.4, -0.2) is 69.0 Å². The van der Waals surface area contributed by atoms with E-state index in [1.54, 1.807) is 0 Å². The SMILES string of the molecule is CCCCCCCCCCCCC(CC)CCOCC(COP(=O)(O)CCN(C)C)OC=O. The molecular weight excluding hydrogens is 441 g/mol. The zero-order chi connectivity index (χ0) is 24.8. The van der Waals surface area contributed by atoms with Crippen molar-refractivity contribution in [3.8, 4) is 0 Å². The van der Waals surface area contributed by atoms with Gasteiger partial charge in [0.2, 0.25) is 0 Å². The summed E-state index contributed by atoms with van der Waals surface area (Å²) in [5.41, 5.74) is 0. The summed E-state index contributed by atoms with van der Waals surface area (Å²) >= 11 is 0. The molecule has 8 heteroatoms. The van der Waals surface area contributed by atoms with Crippen molar-refractivity contribution in [2.45, 2.75) is 103 Å². The van der Waals surface area contributed by atoms with Gasteiger partial charge in [-0.1, -0.05) is 90.9 Å². The van der Waals surface area contributed by atoms with Gasteiger partial charge in [0.15, 0.2) is 0 Å². The molecule has 0 rings (SSSR count). The Kier molecular flexibility index (Phi) is 21.7. The van der Waals surface area contributed by atoms with E-state index in [1.165, 1.54) is 70.6 Å². The number of carbonyl (C=O) groups is 1. The molecule has 3 unspecified atom stereocenters. The predicted octanol–water partition coefficient (Wildman–Crippen LogP) is 6.04. The normalized spacial score (nSPS) is 15.3. The molecule has 0 spiro atoms. The van der Waals surface area contributed by atoms with Crippen LogP contribution in [0.25, 0.3) is 0 Å². The predicted molar refractivity (Wildman–Crippen MR) is 136 cm³/mol. The van der Waals surface area contributed by atoms with Crippen molar-refractivity contribution in [3.63, 3.8) is 0 Å². The van der Waals surface area contributed by atoms with E-state index in [0.29, 0.717) is 25.5 Å². The average Bonchev–Trinajstić information content (AvgIpc) is 2.78. The molecule has 0 aliphatic carbocycles. The first kappa shape index (κ1) is 32.5. The summed E-state index contributed by atoms with van der Waals surface area (Å²) < 4.78 is 27.8. The van der Waals surface area contributed by atoms with E-state index >= 15 is 0 Å². The van der Waals surface area contributed by atoms with Gasteiger partial charge in [0.1, 0.15) is 6.10 Å². The quantitative estimate of drug-likeness (QED) is 0.0943. The number of carbonyl (C=O) groups excluding carboxylic acids is 1. The highest BCUT2D eigenvalue weighted by Gasteiger charge is 2.22. The summed E-state index contributed by atoms with van der Waals surface area (Å²) in [6.45, 7) is 5.87. The van der Waals surface area contributed by atoms with Crippen LogP contribution >= 0.6 is 7.60 Å². The van der Waals surface area contributed by atoms with Crippen LogP contribution in [-0.2, 0) is 23.4 Å². The third-order valence-corrected chi connectivity index (χ3v) is 7.38. The van der Waals surface area contributed by atoms with Crippen LogP contribution in [0, 0.1) is 5.92 Å². The highest BCUT2D eigenvalue weighted by Crippen LogP contribution is 2.41. The molecule has 0 heterocycles. The lowest BCUT2D eigenvalue weighted by Gasteiger charge is -2.20. The van der Waals surface area contributed by atoms with Crippen molar-refractivity contribution in [1.82, 2.24) is 4.90 Å². The topological polar surface area (TPSA) is 85.3 Å². The second-order valence-electron chi connectivity index (χ2n) is 9.42. The van der Waals surface area contributed by atoms with Gasteiger partial charge in [-0.3, -0.25) is 9.36 Å². The van der Waals surface area contributed by atoms with E-state index in [9.17, 15) is 14.3 Å². The van der Waals surface area contributed by atoms with Gasteiger partial charge >= 0.3 is 7.60 Å². The van der Waals surface area contributed by atoms with Crippen molar-refractivity contribution in [3.05, 3.63) is 0 Å². The molecule has 0 aromatic heterocycles. The second-order valence-corrected chi connectivity index (χ2v) is 11.4. The van der Waals surface area contributed by atoms with Crippen molar-refractivity contribution in [1.29, 1.82) is 0 Å². The maximum atomic E-state index is 12.0. The number of hydrogen-bond acceptors (Lipinski definition) is 6. The molecule has 0 amide bonds. The number of unbranched alkanes of at least 4 members (excludes halogenated alkanes) is 9. The van der Waals surface area contributed by atoms with Gasteiger partial charge in [-0.15, -0.1) is 0 Å². The molecule has 33 heavy (non-hydrogen) atoms. The molecule has 0 bridgehead atoms. The van der Waals surface area contributed by atoms with E-state index in [4.69, 9.17) is 14.0 Å². The Morgan fingerprint density at radius 1 is 0.909 bits per heavy atom. The van der Waals surface area contributed by atoms with Crippen LogP contribution in [0.5, 0.6) is 0 Å². The van der Waals surface area contributed by atoms with Gasteiger partial charge < -0.3 is 23.8 Å². The fraction of sp³-hybridized carbons (Fsp3) is 0.960. The molecule has 0 aromatic carbocycles. The lowest BCUT2D eigenvalue weighted by atomic mass is 9.95. The molecule has 7 nitrogen and oxygen atoms in total. The Balaban J connectivity index is 3.90. The van der Waals surface area contributed by atoms with Gasteiger partial charge in [-0.25, -0.2) is 0 Å². The second kappa shape index (κ2) is 22.0. The zero-order valence-electron chi connectivity index (χ0n) is 21.8. The lowest BCUT2D eigenvalue weighted by Crippen LogP contribution is -2.26. The van der Waals surface area contributed by atoms with Gasteiger partial charge in [0, 0.05) is 13.2 Å². The Labute approximate surface area is 203 Å². The molecule has 0 saturated carbocycles. The molecule has 0 fully saturated rings.